The quantitative estimate of drug-likeness (QED) is 0.523. The molecule has 0 aliphatic heterocycles. The van der Waals surface area contributed by atoms with E-state index in [-0.39, 0.29) is 0 Å². The summed E-state index contributed by atoms with van der Waals surface area (Å²) >= 11 is 5.06. The summed E-state index contributed by atoms with van der Waals surface area (Å²) in [4.78, 5) is 1.12. The van der Waals surface area contributed by atoms with Crippen LogP contribution in [0.5, 0.6) is 0 Å². The van der Waals surface area contributed by atoms with Crippen molar-refractivity contribution in [3.63, 3.8) is 0 Å². The molecule has 1 aliphatic carbocycles. The minimum Gasteiger partial charge on any atom is -0.0849 e. The van der Waals surface area contributed by atoms with Gasteiger partial charge < -0.3 is 0 Å². The van der Waals surface area contributed by atoms with Crippen molar-refractivity contribution < 1.29 is 0 Å². The molecule has 0 fully saturated rings. The van der Waals surface area contributed by atoms with Gasteiger partial charge in [0.05, 0.1) is 0 Å². The Morgan fingerprint density at radius 2 is 2.30 bits per heavy atom. The lowest BCUT2D eigenvalue weighted by Crippen LogP contribution is -2.11. The smallest absolute Gasteiger partial charge is 0.0149 e. The van der Waals surface area contributed by atoms with E-state index in [2.05, 4.69) is 26.0 Å². The SMILES string of the molecule is CC(C)C1C=CC(=S)CC1. The Kier molecular flexibility index (Phi) is 2.61. The van der Waals surface area contributed by atoms with E-state index in [1.54, 1.807) is 0 Å². The number of hydrogen-bond donors (Lipinski definition) is 0. The fraction of sp³-hybridized carbons (Fsp3) is 0.667. The van der Waals surface area contributed by atoms with Crippen molar-refractivity contribution in [3.05, 3.63) is 12.2 Å². The van der Waals surface area contributed by atoms with Crippen LogP contribution in [0.3, 0.4) is 0 Å². The average Bonchev–Trinajstić information content (AvgIpc) is 1.88. The molecule has 1 atom stereocenters. The fourth-order valence-electron chi connectivity index (χ4n) is 1.27. The van der Waals surface area contributed by atoms with Crippen LogP contribution in [-0.2, 0) is 0 Å². The zero-order valence-corrected chi connectivity index (χ0v) is 7.45. The summed E-state index contributed by atoms with van der Waals surface area (Å²) in [5, 5.41) is 0. The predicted molar refractivity (Wildman–Crippen MR) is 49.3 cm³/mol. The molecule has 0 N–H and O–H groups in total. The largest absolute Gasteiger partial charge is 0.0849 e. The third-order valence-electron chi connectivity index (χ3n) is 2.11. The van der Waals surface area contributed by atoms with Gasteiger partial charge in [0.1, 0.15) is 0 Å². The van der Waals surface area contributed by atoms with Crippen molar-refractivity contribution >= 4 is 17.1 Å². The molecule has 1 unspecified atom stereocenters. The average molecular weight is 154 g/mol. The summed E-state index contributed by atoms with van der Waals surface area (Å²) in [6.07, 6.45) is 6.74. The Bertz CT molecular complexity index is 156. The molecule has 0 aromatic carbocycles. The zero-order chi connectivity index (χ0) is 7.56. The van der Waals surface area contributed by atoms with Gasteiger partial charge in [-0.2, -0.15) is 0 Å². The van der Waals surface area contributed by atoms with Gasteiger partial charge >= 0.3 is 0 Å². The summed E-state index contributed by atoms with van der Waals surface area (Å²) in [5.41, 5.74) is 0. The Hall–Kier alpha value is -0.170. The molecule has 0 aromatic rings. The molecule has 0 bridgehead atoms. The number of hydrogen-bond acceptors (Lipinski definition) is 1. The summed E-state index contributed by atoms with van der Waals surface area (Å²) in [6, 6.07) is 0. The normalized spacial score (nSPS) is 25.9. The van der Waals surface area contributed by atoms with Crippen molar-refractivity contribution in [2.24, 2.45) is 11.8 Å². The summed E-state index contributed by atoms with van der Waals surface area (Å²) in [5.74, 6) is 1.55. The lowest BCUT2D eigenvalue weighted by atomic mass is 9.87. The molecule has 0 amide bonds. The van der Waals surface area contributed by atoms with Crippen LogP contribution in [0, 0.1) is 11.8 Å². The molecule has 0 aromatic heterocycles. The molecule has 56 valence electrons. The van der Waals surface area contributed by atoms with Gasteiger partial charge in [-0.15, -0.1) is 0 Å². The van der Waals surface area contributed by atoms with Crippen LogP contribution in [0.15, 0.2) is 12.2 Å². The van der Waals surface area contributed by atoms with Crippen LogP contribution >= 0.6 is 12.2 Å². The van der Waals surface area contributed by atoms with Crippen molar-refractivity contribution in [1.82, 2.24) is 0 Å². The highest BCUT2D eigenvalue weighted by atomic mass is 32.1. The van der Waals surface area contributed by atoms with Crippen LogP contribution in [0.2, 0.25) is 0 Å². The third kappa shape index (κ3) is 1.91. The van der Waals surface area contributed by atoms with Crippen LogP contribution < -0.4 is 0 Å². The second kappa shape index (κ2) is 3.29. The Morgan fingerprint density at radius 1 is 1.60 bits per heavy atom. The van der Waals surface area contributed by atoms with Crippen LogP contribution in [0.1, 0.15) is 26.7 Å². The first-order chi connectivity index (χ1) is 4.70. The molecule has 1 aliphatic rings. The first-order valence-electron chi connectivity index (χ1n) is 3.91. The first kappa shape index (κ1) is 7.93. The van der Waals surface area contributed by atoms with E-state index in [0.29, 0.717) is 0 Å². The number of rotatable bonds is 1. The molecule has 0 radical (unpaired) electrons. The zero-order valence-electron chi connectivity index (χ0n) is 6.63. The molecule has 0 saturated carbocycles. The van der Waals surface area contributed by atoms with Gasteiger partial charge in [0, 0.05) is 4.86 Å². The van der Waals surface area contributed by atoms with Gasteiger partial charge in [-0.1, -0.05) is 38.2 Å². The van der Waals surface area contributed by atoms with Crippen molar-refractivity contribution in [3.8, 4) is 0 Å². The van der Waals surface area contributed by atoms with E-state index < -0.39 is 0 Å². The Balaban J connectivity index is 2.53. The maximum Gasteiger partial charge on any atom is 0.0149 e. The fourth-order valence-corrected chi connectivity index (χ4v) is 1.47. The maximum absolute atomic E-state index is 5.06. The van der Waals surface area contributed by atoms with Gasteiger partial charge in [0.15, 0.2) is 0 Å². The molecular weight excluding hydrogens is 140 g/mol. The predicted octanol–water partition coefficient (Wildman–Crippen LogP) is 2.98. The molecule has 1 heteroatoms. The number of thiocarbonyl (C=S) groups is 1. The van der Waals surface area contributed by atoms with Crippen LogP contribution in [0.25, 0.3) is 0 Å². The Labute approximate surface area is 68.3 Å². The lowest BCUT2D eigenvalue weighted by Gasteiger charge is -2.19. The van der Waals surface area contributed by atoms with Crippen molar-refractivity contribution in [2.45, 2.75) is 26.7 Å². The first-order valence-corrected chi connectivity index (χ1v) is 4.32. The monoisotopic (exact) mass is 154 g/mol. The Morgan fingerprint density at radius 3 is 2.70 bits per heavy atom. The van der Waals surface area contributed by atoms with Crippen molar-refractivity contribution in [2.75, 3.05) is 0 Å². The third-order valence-corrected chi connectivity index (χ3v) is 2.45. The van der Waals surface area contributed by atoms with Crippen LogP contribution in [0.4, 0.5) is 0 Å². The molecule has 10 heavy (non-hydrogen) atoms. The van der Waals surface area contributed by atoms with E-state index >= 15 is 0 Å². The molecule has 0 saturated heterocycles. The van der Waals surface area contributed by atoms with E-state index in [1.807, 2.05) is 0 Å². The van der Waals surface area contributed by atoms with Gasteiger partial charge in [-0.25, -0.2) is 0 Å². The minimum absolute atomic E-state index is 0.770. The second-order valence-corrected chi connectivity index (χ2v) is 3.80. The minimum atomic E-state index is 0.770. The topological polar surface area (TPSA) is 0 Å². The molecular formula is C9H14S. The highest BCUT2D eigenvalue weighted by Gasteiger charge is 2.13. The molecule has 0 spiro atoms. The molecule has 0 heterocycles. The number of allylic oxidation sites excluding steroid dienone is 2. The van der Waals surface area contributed by atoms with Gasteiger partial charge in [0.2, 0.25) is 0 Å². The van der Waals surface area contributed by atoms with E-state index in [1.165, 1.54) is 6.42 Å². The second-order valence-electron chi connectivity index (χ2n) is 3.27. The van der Waals surface area contributed by atoms with E-state index in [4.69, 9.17) is 12.2 Å². The van der Waals surface area contributed by atoms with Crippen LogP contribution in [-0.4, -0.2) is 4.86 Å². The highest BCUT2D eigenvalue weighted by molar-refractivity contribution is 7.80. The highest BCUT2D eigenvalue weighted by Crippen LogP contribution is 2.22. The molecule has 0 nitrogen and oxygen atoms in total. The summed E-state index contributed by atoms with van der Waals surface area (Å²) in [7, 11) is 0. The van der Waals surface area contributed by atoms with Gasteiger partial charge in [-0.05, 0) is 24.7 Å². The summed E-state index contributed by atoms with van der Waals surface area (Å²) in [6.45, 7) is 4.53. The van der Waals surface area contributed by atoms with Crippen molar-refractivity contribution in [1.29, 1.82) is 0 Å². The van der Waals surface area contributed by atoms with Gasteiger partial charge in [0.25, 0.3) is 0 Å². The van der Waals surface area contributed by atoms with Gasteiger partial charge in [-0.3, -0.25) is 0 Å². The van der Waals surface area contributed by atoms with E-state index in [9.17, 15) is 0 Å². The molecule has 1 rings (SSSR count). The maximum atomic E-state index is 5.06. The standard InChI is InChI=1S/C9H14S/c1-7(2)8-3-5-9(10)6-4-8/h3,5,7-8H,4,6H2,1-2H3. The van der Waals surface area contributed by atoms with E-state index in [0.717, 1.165) is 23.1 Å². The summed E-state index contributed by atoms with van der Waals surface area (Å²) < 4.78 is 0. The lowest BCUT2D eigenvalue weighted by molar-refractivity contribution is 0.440.